The number of fused-ring (bicyclic) bond motifs is 1. The first-order chi connectivity index (χ1) is 9.83. The third-order valence-corrected chi connectivity index (χ3v) is 2.73. The van der Waals surface area contributed by atoms with Crippen molar-refractivity contribution < 1.29 is 9.53 Å². The third-order valence-electron chi connectivity index (χ3n) is 2.73. The Morgan fingerprint density at radius 1 is 1.20 bits per heavy atom. The topological polar surface area (TPSA) is 75.6 Å². The standard InChI is InChI=1S/C14H12N4O2/c19-14(10-4-3-7-15-8-10)18-17-13-9-20-12-6-2-1-5-11(12)16-13/h1-8H,9H2,(H,16,17)(H,18,19). The molecule has 0 fully saturated rings. The lowest BCUT2D eigenvalue weighted by atomic mass is 10.3. The van der Waals surface area contributed by atoms with Crippen LogP contribution in [0.3, 0.4) is 0 Å². The minimum Gasteiger partial charge on any atom is -0.483 e. The Labute approximate surface area is 115 Å². The van der Waals surface area contributed by atoms with Gasteiger partial charge in [-0.1, -0.05) is 12.1 Å². The van der Waals surface area contributed by atoms with Crippen molar-refractivity contribution in [3.8, 4) is 5.75 Å². The normalized spacial score (nSPS) is 12.7. The van der Waals surface area contributed by atoms with E-state index in [0.717, 1.165) is 11.4 Å². The maximum Gasteiger partial charge on any atom is 0.271 e. The van der Waals surface area contributed by atoms with Gasteiger partial charge in [-0.3, -0.25) is 20.6 Å². The molecule has 0 saturated heterocycles. The van der Waals surface area contributed by atoms with E-state index < -0.39 is 0 Å². The molecule has 1 aliphatic heterocycles. The van der Waals surface area contributed by atoms with Crippen molar-refractivity contribution >= 4 is 17.4 Å². The first kappa shape index (κ1) is 12.2. The molecule has 6 heteroatoms. The van der Waals surface area contributed by atoms with Crippen LogP contribution >= 0.6 is 0 Å². The second-order valence-electron chi connectivity index (χ2n) is 4.14. The van der Waals surface area contributed by atoms with E-state index in [9.17, 15) is 4.79 Å². The number of benzene rings is 1. The monoisotopic (exact) mass is 268 g/mol. The Morgan fingerprint density at radius 2 is 2.10 bits per heavy atom. The zero-order chi connectivity index (χ0) is 13.8. The number of nitrogens with one attached hydrogen (secondary N) is 2. The fourth-order valence-corrected chi connectivity index (χ4v) is 1.76. The number of hydrazine groups is 1. The van der Waals surface area contributed by atoms with E-state index in [0.29, 0.717) is 11.4 Å². The molecule has 1 aromatic carbocycles. The van der Waals surface area contributed by atoms with Crippen molar-refractivity contribution in [1.82, 2.24) is 15.8 Å². The minimum absolute atomic E-state index is 0.278. The molecule has 20 heavy (non-hydrogen) atoms. The van der Waals surface area contributed by atoms with Crippen LogP contribution in [-0.2, 0) is 0 Å². The van der Waals surface area contributed by atoms with Crippen molar-refractivity contribution in [3.63, 3.8) is 0 Å². The summed E-state index contributed by atoms with van der Waals surface area (Å²) in [5.74, 6) is 0.997. The summed E-state index contributed by atoms with van der Waals surface area (Å²) in [6, 6.07) is 10.8. The number of hydrogen-bond acceptors (Lipinski definition) is 5. The van der Waals surface area contributed by atoms with Gasteiger partial charge in [0.15, 0.2) is 5.84 Å². The van der Waals surface area contributed by atoms with Crippen LogP contribution in [0.2, 0.25) is 0 Å². The van der Waals surface area contributed by atoms with Gasteiger partial charge in [0.05, 0.1) is 5.56 Å². The van der Waals surface area contributed by atoms with E-state index in [1.54, 1.807) is 18.3 Å². The number of hydrogen-bond donors (Lipinski definition) is 2. The van der Waals surface area contributed by atoms with Crippen LogP contribution in [0.1, 0.15) is 10.4 Å². The maximum absolute atomic E-state index is 11.8. The molecule has 100 valence electrons. The smallest absolute Gasteiger partial charge is 0.271 e. The van der Waals surface area contributed by atoms with E-state index in [-0.39, 0.29) is 12.5 Å². The highest BCUT2D eigenvalue weighted by molar-refractivity contribution is 5.96. The van der Waals surface area contributed by atoms with Crippen LogP contribution in [-0.4, -0.2) is 23.3 Å². The van der Waals surface area contributed by atoms with E-state index >= 15 is 0 Å². The predicted octanol–water partition coefficient (Wildman–Crippen LogP) is 1.44. The number of carbonyl (C=O) groups is 1. The van der Waals surface area contributed by atoms with Gasteiger partial charge < -0.3 is 4.74 Å². The predicted molar refractivity (Wildman–Crippen MR) is 73.9 cm³/mol. The van der Waals surface area contributed by atoms with E-state index in [1.165, 1.54) is 6.20 Å². The highest BCUT2D eigenvalue weighted by atomic mass is 16.5. The number of ether oxygens (including phenoxy) is 1. The second kappa shape index (κ2) is 5.40. The van der Waals surface area contributed by atoms with Crippen LogP contribution in [0.5, 0.6) is 5.75 Å². The van der Waals surface area contributed by atoms with E-state index in [1.807, 2.05) is 24.3 Å². The van der Waals surface area contributed by atoms with E-state index in [2.05, 4.69) is 20.8 Å². The number of pyridine rings is 1. The number of amides is 1. The van der Waals surface area contributed by atoms with Crippen molar-refractivity contribution in [2.45, 2.75) is 0 Å². The minimum atomic E-state index is -0.278. The van der Waals surface area contributed by atoms with Crippen molar-refractivity contribution in [2.75, 3.05) is 6.61 Å². The quantitative estimate of drug-likeness (QED) is 0.767. The second-order valence-corrected chi connectivity index (χ2v) is 4.14. The molecule has 6 nitrogen and oxygen atoms in total. The Kier molecular flexibility index (Phi) is 3.28. The first-order valence-electron chi connectivity index (χ1n) is 6.09. The summed E-state index contributed by atoms with van der Waals surface area (Å²) in [5.41, 5.74) is 6.52. The number of aliphatic imine (C=N–C) groups is 1. The van der Waals surface area contributed by atoms with Crippen LogP contribution in [0.15, 0.2) is 53.8 Å². The molecular weight excluding hydrogens is 256 g/mol. The SMILES string of the molecule is O=C(NNC1=Nc2ccccc2OC1)c1cccnc1. The molecule has 0 aliphatic carbocycles. The summed E-state index contributed by atoms with van der Waals surface area (Å²) in [5, 5.41) is 0. The lowest BCUT2D eigenvalue weighted by Gasteiger charge is -2.18. The highest BCUT2D eigenvalue weighted by Crippen LogP contribution is 2.29. The highest BCUT2D eigenvalue weighted by Gasteiger charge is 2.13. The summed E-state index contributed by atoms with van der Waals surface area (Å²) < 4.78 is 5.52. The molecule has 0 spiro atoms. The number of para-hydroxylation sites is 2. The molecule has 0 radical (unpaired) electrons. The zero-order valence-corrected chi connectivity index (χ0v) is 10.5. The Balaban J connectivity index is 1.65. The van der Waals surface area contributed by atoms with Gasteiger partial charge in [-0.05, 0) is 24.3 Å². The van der Waals surface area contributed by atoms with Crippen LogP contribution in [0.4, 0.5) is 5.69 Å². The van der Waals surface area contributed by atoms with Gasteiger partial charge >= 0.3 is 0 Å². The Hall–Kier alpha value is -2.89. The Morgan fingerprint density at radius 3 is 2.95 bits per heavy atom. The average molecular weight is 268 g/mol. The summed E-state index contributed by atoms with van der Waals surface area (Å²) >= 11 is 0. The largest absolute Gasteiger partial charge is 0.483 e. The molecule has 2 N–H and O–H groups in total. The van der Waals surface area contributed by atoms with Gasteiger partial charge in [0.2, 0.25) is 0 Å². The summed E-state index contributed by atoms with van der Waals surface area (Å²) in [4.78, 5) is 20.1. The average Bonchev–Trinajstić information content (AvgIpc) is 2.53. The van der Waals surface area contributed by atoms with Crippen LogP contribution in [0, 0.1) is 0 Å². The summed E-state index contributed by atoms with van der Waals surface area (Å²) in [6.07, 6.45) is 3.10. The maximum atomic E-state index is 11.8. The molecule has 2 heterocycles. The molecule has 0 unspecified atom stereocenters. The van der Waals surface area contributed by atoms with Gasteiger partial charge in [0, 0.05) is 12.4 Å². The molecule has 0 atom stereocenters. The van der Waals surface area contributed by atoms with E-state index in [4.69, 9.17) is 4.74 Å². The molecule has 0 bridgehead atoms. The van der Waals surface area contributed by atoms with Crippen molar-refractivity contribution in [1.29, 1.82) is 0 Å². The number of carbonyl (C=O) groups excluding carboxylic acids is 1. The number of nitrogens with zero attached hydrogens (tertiary/aromatic N) is 2. The summed E-state index contributed by atoms with van der Waals surface area (Å²) in [7, 11) is 0. The van der Waals surface area contributed by atoms with Crippen LogP contribution in [0.25, 0.3) is 0 Å². The number of rotatable bonds is 1. The van der Waals surface area contributed by atoms with Gasteiger partial charge in [-0.25, -0.2) is 4.99 Å². The Bertz CT molecular complexity index is 655. The molecule has 1 aromatic heterocycles. The van der Waals surface area contributed by atoms with Crippen molar-refractivity contribution in [2.24, 2.45) is 4.99 Å². The number of amidine groups is 1. The molecule has 2 aromatic rings. The van der Waals surface area contributed by atoms with Gasteiger partial charge in [-0.2, -0.15) is 0 Å². The fourth-order valence-electron chi connectivity index (χ4n) is 1.76. The molecule has 0 saturated carbocycles. The van der Waals surface area contributed by atoms with Crippen molar-refractivity contribution in [3.05, 3.63) is 54.4 Å². The van der Waals surface area contributed by atoms with Crippen LogP contribution < -0.4 is 15.6 Å². The lowest BCUT2D eigenvalue weighted by Crippen LogP contribution is -2.44. The molecule has 3 rings (SSSR count). The fraction of sp³-hybridized carbons (Fsp3) is 0.0714. The molecule has 1 aliphatic rings. The zero-order valence-electron chi connectivity index (χ0n) is 10.5. The lowest BCUT2D eigenvalue weighted by molar-refractivity contribution is 0.0942. The third kappa shape index (κ3) is 2.59. The van der Waals surface area contributed by atoms with Gasteiger partial charge in [0.1, 0.15) is 18.0 Å². The summed E-state index contributed by atoms with van der Waals surface area (Å²) in [6.45, 7) is 0.282. The number of aromatic nitrogens is 1. The molecular formula is C14H12N4O2. The van der Waals surface area contributed by atoms with Gasteiger partial charge in [0.25, 0.3) is 5.91 Å². The molecule has 1 amide bonds. The first-order valence-corrected chi connectivity index (χ1v) is 6.09. The van der Waals surface area contributed by atoms with Gasteiger partial charge in [-0.15, -0.1) is 0 Å².